The van der Waals surface area contributed by atoms with Crippen LogP contribution >= 0.6 is 0 Å². The van der Waals surface area contributed by atoms with Gasteiger partial charge in [0.2, 0.25) is 0 Å². The molecule has 0 radical (unpaired) electrons. The summed E-state index contributed by atoms with van der Waals surface area (Å²) >= 11 is 0. The zero-order valence-corrected chi connectivity index (χ0v) is 12.1. The highest BCUT2D eigenvalue weighted by atomic mass is 16.3. The molecule has 1 saturated carbocycles. The molecule has 3 N–H and O–H groups in total. The van der Waals surface area contributed by atoms with E-state index in [1.165, 1.54) is 6.08 Å². The lowest BCUT2D eigenvalue weighted by atomic mass is 9.46. The molecule has 4 nitrogen and oxygen atoms in total. The third-order valence-corrected chi connectivity index (χ3v) is 5.31. The van der Waals surface area contributed by atoms with Crippen LogP contribution in [0.1, 0.15) is 40.5 Å². The van der Waals surface area contributed by atoms with E-state index in [1.807, 2.05) is 20.8 Å². The zero-order valence-electron chi connectivity index (χ0n) is 12.1. The van der Waals surface area contributed by atoms with Crippen LogP contribution in [-0.2, 0) is 4.79 Å². The van der Waals surface area contributed by atoms with Gasteiger partial charge in [-0.15, -0.1) is 0 Å². The van der Waals surface area contributed by atoms with Gasteiger partial charge in [-0.25, -0.2) is 0 Å². The molecule has 4 atom stereocenters. The molecule has 0 spiro atoms. The number of fused-ring (bicyclic) bond motifs is 1. The van der Waals surface area contributed by atoms with Crippen LogP contribution in [0.15, 0.2) is 11.6 Å². The van der Waals surface area contributed by atoms with Crippen LogP contribution < -0.4 is 0 Å². The average Bonchev–Trinajstić information content (AvgIpc) is 2.22. The Hall–Kier alpha value is -0.710. The van der Waals surface area contributed by atoms with E-state index in [0.717, 1.165) is 0 Å². The van der Waals surface area contributed by atoms with Crippen molar-refractivity contribution >= 4 is 5.78 Å². The number of allylic oxidation sites excluding steroid dienone is 1. The Bertz CT molecular complexity index is 439. The molecule has 2 rings (SSSR count). The first-order valence-corrected chi connectivity index (χ1v) is 6.82. The number of aliphatic hydroxyl groups excluding tert-OH is 2. The molecule has 0 heterocycles. The van der Waals surface area contributed by atoms with Crippen molar-refractivity contribution in [3.8, 4) is 0 Å². The third-order valence-electron chi connectivity index (χ3n) is 5.31. The van der Waals surface area contributed by atoms with Gasteiger partial charge in [-0.1, -0.05) is 20.8 Å². The average molecular weight is 268 g/mol. The van der Waals surface area contributed by atoms with Crippen molar-refractivity contribution < 1.29 is 20.1 Å². The van der Waals surface area contributed by atoms with Gasteiger partial charge in [-0.05, 0) is 36.8 Å². The molecule has 2 aliphatic carbocycles. The molecule has 2 aliphatic rings. The summed E-state index contributed by atoms with van der Waals surface area (Å²) < 4.78 is 0. The SMILES string of the molecule is CC1=CC(=O)[C@@H]2C(C)(C)C[C@@H](O)C[C@@]2(C)[C@@]1(O)CO. The van der Waals surface area contributed by atoms with Crippen molar-refractivity contribution in [3.63, 3.8) is 0 Å². The number of carbonyl (C=O) groups excluding carboxylic acids is 1. The Morgan fingerprint density at radius 3 is 2.42 bits per heavy atom. The Morgan fingerprint density at radius 2 is 1.89 bits per heavy atom. The number of aliphatic hydroxyl groups is 3. The highest BCUT2D eigenvalue weighted by molar-refractivity contribution is 5.95. The molecule has 108 valence electrons. The first-order chi connectivity index (χ1) is 8.58. The highest BCUT2D eigenvalue weighted by Crippen LogP contribution is 2.59. The van der Waals surface area contributed by atoms with Crippen molar-refractivity contribution in [2.45, 2.75) is 52.2 Å². The van der Waals surface area contributed by atoms with Crippen molar-refractivity contribution in [2.75, 3.05) is 6.61 Å². The van der Waals surface area contributed by atoms with E-state index in [1.54, 1.807) is 6.92 Å². The van der Waals surface area contributed by atoms with Gasteiger partial charge >= 0.3 is 0 Å². The maximum Gasteiger partial charge on any atom is 0.160 e. The Morgan fingerprint density at radius 1 is 1.32 bits per heavy atom. The van der Waals surface area contributed by atoms with Crippen LogP contribution in [0.2, 0.25) is 0 Å². The summed E-state index contributed by atoms with van der Waals surface area (Å²) in [7, 11) is 0. The lowest BCUT2D eigenvalue weighted by Gasteiger charge is -2.59. The predicted octanol–water partition coefficient (Wildman–Crippen LogP) is 1.04. The molecule has 19 heavy (non-hydrogen) atoms. The number of rotatable bonds is 1. The lowest BCUT2D eigenvalue weighted by molar-refractivity contribution is -0.186. The number of carbonyl (C=O) groups is 1. The minimum absolute atomic E-state index is 0.00461. The summed E-state index contributed by atoms with van der Waals surface area (Å²) in [5.41, 5.74) is -2.18. The predicted molar refractivity (Wildman–Crippen MR) is 71.4 cm³/mol. The van der Waals surface area contributed by atoms with Crippen LogP contribution in [-0.4, -0.2) is 39.4 Å². The number of hydrogen-bond acceptors (Lipinski definition) is 4. The fourth-order valence-electron chi connectivity index (χ4n) is 4.55. The van der Waals surface area contributed by atoms with Crippen molar-refractivity contribution in [3.05, 3.63) is 11.6 Å². The van der Waals surface area contributed by atoms with Gasteiger partial charge in [-0.2, -0.15) is 0 Å². The van der Waals surface area contributed by atoms with E-state index in [4.69, 9.17) is 0 Å². The van der Waals surface area contributed by atoms with Crippen LogP contribution in [0.3, 0.4) is 0 Å². The van der Waals surface area contributed by atoms with Gasteiger partial charge in [0, 0.05) is 11.3 Å². The Kier molecular flexibility index (Phi) is 3.20. The maximum absolute atomic E-state index is 12.4. The minimum Gasteiger partial charge on any atom is -0.393 e. The van der Waals surface area contributed by atoms with Gasteiger partial charge in [-0.3, -0.25) is 4.79 Å². The second kappa shape index (κ2) is 4.14. The van der Waals surface area contributed by atoms with E-state index in [0.29, 0.717) is 18.4 Å². The monoisotopic (exact) mass is 268 g/mol. The second-order valence-corrected chi connectivity index (χ2v) is 7.15. The van der Waals surface area contributed by atoms with E-state index < -0.39 is 29.1 Å². The van der Waals surface area contributed by atoms with Gasteiger partial charge in [0.05, 0.1) is 12.7 Å². The number of ketones is 1. The first-order valence-electron chi connectivity index (χ1n) is 6.82. The summed E-state index contributed by atoms with van der Waals surface area (Å²) in [4.78, 5) is 12.4. The smallest absolute Gasteiger partial charge is 0.160 e. The normalized spacial score (nSPS) is 45.6. The molecule has 4 heteroatoms. The van der Waals surface area contributed by atoms with E-state index >= 15 is 0 Å². The molecule has 0 aromatic rings. The van der Waals surface area contributed by atoms with Crippen LogP contribution in [0, 0.1) is 16.7 Å². The van der Waals surface area contributed by atoms with Crippen molar-refractivity contribution in [2.24, 2.45) is 16.7 Å². The standard InChI is InChI=1S/C15H24O4/c1-9-5-11(18)12-13(2,3)6-10(17)7-14(12,4)15(9,19)8-16/h5,10,12,16-17,19H,6-8H2,1-4H3/t10-,12-,14-,15-/m1/s1. The van der Waals surface area contributed by atoms with E-state index in [2.05, 4.69) is 0 Å². The fourth-order valence-corrected chi connectivity index (χ4v) is 4.55. The largest absolute Gasteiger partial charge is 0.393 e. The Labute approximate surface area is 114 Å². The molecule has 0 aliphatic heterocycles. The topological polar surface area (TPSA) is 77.8 Å². The van der Waals surface area contributed by atoms with E-state index in [9.17, 15) is 20.1 Å². The summed E-state index contributed by atoms with van der Waals surface area (Å²) in [6, 6.07) is 0. The van der Waals surface area contributed by atoms with Gasteiger partial charge in [0.25, 0.3) is 0 Å². The van der Waals surface area contributed by atoms with Crippen LogP contribution in [0.5, 0.6) is 0 Å². The molecule has 0 unspecified atom stereocenters. The molecule has 0 aromatic carbocycles. The fraction of sp³-hybridized carbons (Fsp3) is 0.800. The molecule has 0 bridgehead atoms. The third kappa shape index (κ3) is 1.81. The van der Waals surface area contributed by atoms with E-state index in [-0.39, 0.29) is 11.7 Å². The maximum atomic E-state index is 12.4. The molecule has 0 saturated heterocycles. The molecule has 0 amide bonds. The number of hydrogen-bond donors (Lipinski definition) is 3. The molecule has 0 aromatic heterocycles. The first kappa shape index (κ1) is 14.7. The summed E-state index contributed by atoms with van der Waals surface area (Å²) in [6.45, 7) is 6.94. The molecular weight excluding hydrogens is 244 g/mol. The zero-order chi connectivity index (χ0) is 14.6. The highest BCUT2D eigenvalue weighted by Gasteiger charge is 2.63. The molecule has 1 fully saturated rings. The summed E-state index contributed by atoms with van der Waals surface area (Å²) in [5, 5.41) is 30.7. The van der Waals surface area contributed by atoms with Crippen molar-refractivity contribution in [1.29, 1.82) is 0 Å². The quantitative estimate of drug-likeness (QED) is 0.664. The van der Waals surface area contributed by atoms with Crippen molar-refractivity contribution in [1.82, 2.24) is 0 Å². The summed E-state index contributed by atoms with van der Waals surface area (Å²) in [5.74, 6) is -0.390. The van der Waals surface area contributed by atoms with Crippen LogP contribution in [0.4, 0.5) is 0 Å². The van der Waals surface area contributed by atoms with Crippen LogP contribution in [0.25, 0.3) is 0 Å². The molecular formula is C15H24O4. The van der Waals surface area contributed by atoms with Gasteiger partial charge in [0.15, 0.2) is 5.78 Å². The minimum atomic E-state index is -1.44. The second-order valence-electron chi connectivity index (χ2n) is 7.15. The lowest BCUT2D eigenvalue weighted by Crippen LogP contribution is -2.65. The van der Waals surface area contributed by atoms with Gasteiger partial charge < -0.3 is 15.3 Å². The Balaban J connectivity index is 2.64. The van der Waals surface area contributed by atoms with Gasteiger partial charge in [0.1, 0.15) is 5.60 Å². The summed E-state index contributed by atoms with van der Waals surface area (Å²) in [6.07, 6.45) is 1.76.